The molecule has 1 aromatic carbocycles. The van der Waals surface area contributed by atoms with Crippen molar-refractivity contribution >= 4 is 11.8 Å². The highest BCUT2D eigenvalue weighted by molar-refractivity contribution is 5.87. The van der Waals surface area contributed by atoms with Crippen LogP contribution < -0.4 is 4.90 Å². The normalized spacial score (nSPS) is 10.3. The van der Waals surface area contributed by atoms with E-state index in [4.69, 9.17) is 4.74 Å². The molecule has 0 fully saturated rings. The average molecular weight is 277 g/mol. The first-order valence-electron chi connectivity index (χ1n) is 7.70. The van der Waals surface area contributed by atoms with Crippen molar-refractivity contribution in [3.8, 4) is 0 Å². The van der Waals surface area contributed by atoms with Crippen LogP contribution in [0.4, 0.5) is 10.5 Å². The molecule has 20 heavy (non-hydrogen) atoms. The molecular formula is C17H27NO2. The lowest BCUT2D eigenvalue weighted by molar-refractivity contribution is 0.178. The van der Waals surface area contributed by atoms with E-state index in [1.165, 1.54) is 45.6 Å². The number of benzene rings is 1. The van der Waals surface area contributed by atoms with Gasteiger partial charge >= 0.3 is 6.09 Å². The second-order valence-corrected chi connectivity index (χ2v) is 5.08. The summed E-state index contributed by atoms with van der Waals surface area (Å²) in [5, 5.41) is 0. The molecule has 0 saturated heterocycles. The Balaban J connectivity index is 2.34. The van der Waals surface area contributed by atoms with Crippen LogP contribution >= 0.6 is 0 Å². The lowest BCUT2D eigenvalue weighted by atomic mass is 10.1. The lowest BCUT2D eigenvalue weighted by Crippen LogP contribution is -2.31. The van der Waals surface area contributed by atoms with Crippen LogP contribution in [-0.2, 0) is 4.74 Å². The van der Waals surface area contributed by atoms with E-state index in [0.29, 0.717) is 0 Å². The number of unbranched alkanes of at least 4 members (excludes halogenated alkanes) is 6. The highest BCUT2D eigenvalue weighted by Crippen LogP contribution is 2.16. The lowest BCUT2D eigenvalue weighted by Gasteiger charge is -2.21. The topological polar surface area (TPSA) is 29.5 Å². The summed E-state index contributed by atoms with van der Waals surface area (Å²) in [7, 11) is 1.43. The standard InChI is InChI=1S/C17H27NO2/c1-3-4-5-6-7-8-12-15-18(17(19)20-2)16-13-10-9-11-14-16/h9-11,13-14H,3-8,12,15H2,1-2H3. The van der Waals surface area contributed by atoms with Crippen LogP contribution in [0.3, 0.4) is 0 Å². The van der Waals surface area contributed by atoms with Crippen molar-refractivity contribution in [2.45, 2.75) is 51.9 Å². The van der Waals surface area contributed by atoms with Crippen LogP contribution in [0.15, 0.2) is 30.3 Å². The molecule has 0 N–H and O–H groups in total. The van der Waals surface area contributed by atoms with Crippen molar-refractivity contribution in [3.05, 3.63) is 30.3 Å². The number of hydrogen-bond acceptors (Lipinski definition) is 2. The quantitative estimate of drug-likeness (QED) is 0.594. The van der Waals surface area contributed by atoms with Gasteiger partial charge in [0.15, 0.2) is 0 Å². The summed E-state index contributed by atoms with van der Waals surface area (Å²) in [6.07, 6.45) is 8.42. The summed E-state index contributed by atoms with van der Waals surface area (Å²) in [4.78, 5) is 13.5. The van der Waals surface area contributed by atoms with Gasteiger partial charge in [-0.05, 0) is 18.6 Å². The Morgan fingerprint density at radius 1 is 1.00 bits per heavy atom. The van der Waals surface area contributed by atoms with Gasteiger partial charge in [-0.15, -0.1) is 0 Å². The van der Waals surface area contributed by atoms with Gasteiger partial charge in [0.05, 0.1) is 7.11 Å². The maximum atomic E-state index is 11.8. The first-order chi connectivity index (χ1) is 9.79. The van der Waals surface area contributed by atoms with Crippen molar-refractivity contribution in [1.82, 2.24) is 0 Å². The van der Waals surface area contributed by atoms with Crippen molar-refractivity contribution in [2.24, 2.45) is 0 Å². The van der Waals surface area contributed by atoms with Gasteiger partial charge in [0, 0.05) is 12.2 Å². The van der Waals surface area contributed by atoms with Crippen LogP contribution in [0, 0.1) is 0 Å². The van der Waals surface area contributed by atoms with Crippen LogP contribution in [0.5, 0.6) is 0 Å². The fourth-order valence-corrected chi connectivity index (χ4v) is 2.27. The molecule has 0 heterocycles. The highest BCUT2D eigenvalue weighted by Gasteiger charge is 2.14. The molecule has 1 rings (SSSR count). The summed E-state index contributed by atoms with van der Waals surface area (Å²) in [5.41, 5.74) is 0.908. The van der Waals surface area contributed by atoms with Gasteiger partial charge in [-0.2, -0.15) is 0 Å². The van der Waals surface area contributed by atoms with E-state index in [9.17, 15) is 4.79 Å². The zero-order chi connectivity index (χ0) is 14.6. The fourth-order valence-electron chi connectivity index (χ4n) is 2.27. The Kier molecular flexibility index (Phi) is 8.52. The number of anilines is 1. The maximum Gasteiger partial charge on any atom is 0.413 e. The van der Waals surface area contributed by atoms with E-state index in [1.807, 2.05) is 30.3 Å². The molecule has 1 amide bonds. The van der Waals surface area contributed by atoms with E-state index in [1.54, 1.807) is 4.90 Å². The number of para-hydroxylation sites is 1. The summed E-state index contributed by atoms with van der Waals surface area (Å²) in [6.45, 7) is 2.96. The molecule has 3 nitrogen and oxygen atoms in total. The van der Waals surface area contributed by atoms with E-state index < -0.39 is 0 Å². The third-order valence-corrected chi connectivity index (χ3v) is 3.45. The average Bonchev–Trinajstić information content (AvgIpc) is 2.50. The smallest absolute Gasteiger partial charge is 0.413 e. The van der Waals surface area contributed by atoms with Gasteiger partial charge in [0.2, 0.25) is 0 Å². The summed E-state index contributed by atoms with van der Waals surface area (Å²) in [6, 6.07) is 9.72. The second kappa shape index (κ2) is 10.3. The molecule has 1 aromatic rings. The Hall–Kier alpha value is -1.51. The van der Waals surface area contributed by atoms with E-state index >= 15 is 0 Å². The predicted molar refractivity (Wildman–Crippen MR) is 84.2 cm³/mol. The number of carbonyl (C=O) groups is 1. The van der Waals surface area contributed by atoms with Gasteiger partial charge in [0.25, 0.3) is 0 Å². The molecule has 0 aliphatic carbocycles. The molecule has 0 atom stereocenters. The minimum Gasteiger partial charge on any atom is -0.452 e. The third-order valence-electron chi connectivity index (χ3n) is 3.45. The van der Waals surface area contributed by atoms with Crippen molar-refractivity contribution in [3.63, 3.8) is 0 Å². The third kappa shape index (κ3) is 6.09. The monoisotopic (exact) mass is 277 g/mol. The zero-order valence-corrected chi connectivity index (χ0v) is 12.8. The van der Waals surface area contributed by atoms with Crippen molar-refractivity contribution in [2.75, 3.05) is 18.6 Å². The molecule has 0 aliphatic heterocycles. The molecule has 0 spiro atoms. The number of ether oxygens (including phenoxy) is 1. The van der Waals surface area contributed by atoms with Crippen LogP contribution in [-0.4, -0.2) is 19.7 Å². The Labute approximate surface area is 122 Å². The number of hydrogen-bond donors (Lipinski definition) is 0. The maximum absolute atomic E-state index is 11.8. The largest absolute Gasteiger partial charge is 0.452 e. The van der Waals surface area contributed by atoms with Crippen molar-refractivity contribution < 1.29 is 9.53 Å². The van der Waals surface area contributed by atoms with Gasteiger partial charge in [0.1, 0.15) is 0 Å². The number of nitrogens with zero attached hydrogens (tertiary/aromatic N) is 1. The molecular weight excluding hydrogens is 250 g/mol. The number of methoxy groups -OCH3 is 1. The van der Waals surface area contributed by atoms with Gasteiger partial charge in [-0.25, -0.2) is 4.79 Å². The second-order valence-electron chi connectivity index (χ2n) is 5.08. The summed E-state index contributed by atoms with van der Waals surface area (Å²) >= 11 is 0. The minimum absolute atomic E-state index is 0.276. The minimum atomic E-state index is -0.276. The molecule has 0 radical (unpaired) electrons. The number of carbonyl (C=O) groups excluding carboxylic acids is 1. The van der Waals surface area contributed by atoms with Gasteiger partial charge in [-0.3, -0.25) is 4.90 Å². The molecule has 0 aliphatic rings. The fraction of sp³-hybridized carbons (Fsp3) is 0.588. The van der Waals surface area contributed by atoms with E-state index in [-0.39, 0.29) is 6.09 Å². The first kappa shape index (κ1) is 16.5. The SMILES string of the molecule is CCCCCCCCCN(C(=O)OC)c1ccccc1. The molecule has 0 aromatic heterocycles. The highest BCUT2D eigenvalue weighted by atomic mass is 16.5. The molecule has 0 unspecified atom stereocenters. The van der Waals surface area contributed by atoms with Gasteiger partial charge in [-0.1, -0.05) is 63.6 Å². The van der Waals surface area contributed by atoms with Crippen LogP contribution in [0.2, 0.25) is 0 Å². The van der Waals surface area contributed by atoms with Crippen LogP contribution in [0.25, 0.3) is 0 Å². The molecule has 112 valence electrons. The Morgan fingerprint density at radius 3 is 2.20 bits per heavy atom. The number of amides is 1. The van der Waals surface area contributed by atoms with Crippen LogP contribution in [0.1, 0.15) is 51.9 Å². The summed E-state index contributed by atoms with van der Waals surface area (Å²) < 4.78 is 4.86. The summed E-state index contributed by atoms with van der Waals surface area (Å²) in [5.74, 6) is 0. The first-order valence-corrected chi connectivity index (χ1v) is 7.70. The Morgan fingerprint density at radius 2 is 1.60 bits per heavy atom. The molecule has 0 bridgehead atoms. The Bertz CT molecular complexity index is 365. The van der Waals surface area contributed by atoms with Crippen molar-refractivity contribution in [1.29, 1.82) is 0 Å². The van der Waals surface area contributed by atoms with Gasteiger partial charge < -0.3 is 4.74 Å². The van der Waals surface area contributed by atoms with E-state index in [2.05, 4.69) is 6.92 Å². The predicted octanol–water partition coefficient (Wildman–Crippen LogP) is 5.01. The molecule has 3 heteroatoms. The van der Waals surface area contributed by atoms with E-state index in [0.717, 1.165) is 18.7 Å². The zero-order valence-electron chi connectivity index (χ0n) is 12.8. The number of rotatable bonds is 9. The molecule has 0 saturated carbocycles.